The lowest BCUT2D eigenvalue weighted by atomic mass is 9.78. The first kappa shape index (κ1) is 16.8. The number of carbonyl (C=O) groups excluding carboxylic acids is 1. The second kappa shape index (κ2) is 6.67. The van der Waals surface area contributed by atoms with E-state index in [1.807, 2.05) is 0 Å². The number of piperidine rings is 1. The molecule has 2 aliphatic rings. The van der Waals surface area contributed by atoms with Crippen molar-refractivity contribution in [1.29, 1.82) is 0 Å². The van der Waals surface area contributed by atoms with Gasteiger partial charge in [-0.05, 0) is 56.2 Å². The molecule has 0 aliphatic carbocycles. The minimum Gasteiger partial charge on any atom is -0.338 e. The molecule has 0 aromatic carbocycles. The number of rotatable bonds is 2. The zero-order chi connectivity index (χ0) is 14.2. The molecule has 0 atom stereocenters. The molecule has 2 saturated heterocycles. The second-order valence-electron chi connectivity index (χ2n) is 6.26. The van der Waals surface area contributed by atoms with Gasteiger partial charge in [-0.2, -0.15) is 0 Å². The van der Waals surface area contributed by atoms with Gasteiger partial charge in [-0.3, -0.25) is 4.79 Å². The van der Waals surface area contributed by atoms with Crippen molar-refractivity contribution in [1.82, 2.24) is 10.2 Å². The fraction of sp³-hybridized carbons (Fsp3) is 0.688. The van der Waals surface area contributed by atoms with Crippen molar-refractivity contribution in [3.63, 3.8) is 0 Å². The molecular formula is C16H25ClN2OS. The molecule has 2 fully saturated rings. The minimum absolute atomic E-state index is 0. The Balaban J connectivity index is 0.00000161. The first-order valence-electron chi connectivity index (χ1n) is 7.73. The van der Waals surface area contributed by atoms with Crippen LogP contribution in [0.5, 0.6) is 0 Å². The molecule has 3 nitrogen and oxygen atoms in total. The molecule has 1 aromatic heterocycles. The van der Waals surface area contributed by atoms with Crippen LogP contribution in [-0.4, -0.2) is 37.0 Å². The van der Waals surface area contributed by atoms with Crippen molar-refractivity contribution in [2.24, 2.45) is 5.41 Å². The Morgan fingerprint density at radius 1 is 1.38 bits per heavy atom. The molecule has 0 radical (unpaired) electrons. The minimum atomic E-state index is 0. The quantitative estimate of drug-likeness (QED) is 0.903. The number of carbonyl (C=O) groups is 1. The molecule has 0 saturated carbocycles. The zero-order valence-electron chi connectivity index (χ0n) is 12.9. The highest BCUT2D eigenvalue weighted by atomic mass is 35.5. The molecule has 1 aromatic rings. The average Bonchev–Trinajstić information content (AvgIpc) is 3.06. The van der Waals surface area contributed by atoms with Crippen LogP contribution in [0.25, 0.3) is 0 Å². The van der Waals surface area contributed by atoms with E-state index in [9.17, 15) is 4.79 Å². The van der Waals surface area contributed by atoms with Crippen molar-refractivity contribution < 1.29 is 4.79 Å². The van der Waals surface area contributed by atoms with E-state index in [0.717, 1.165) is 50.3 Å². The average molecular weight is 329 g/mol. The Morgan fingerprint density at radius 3 is 2.62 bits per heavy atom. The lowest BCUT2D eigenvalue weighted by Crippen LogP contribution is -2.43. The Labute approximate surface area is 137 Å². The molecule has 3 rings (SSSR count). The van der Waals surface area contributed by atoms with Crippen LogP contribution in [0.1, 0.15) is 46.3 Å². The van der Waals surface area contributed by atoms with Crippen molar-refractivity contribution in [3.05, 3.63) is 21.4 Å². The summed E-state index contributed by atoms with van der Waals surface area (Å²) in [5, 5.41) is 3.48. The normalized spacial score (nSPS) is 20.6. The highest BCUT2D eigenvalue weighted by molar-refractivity contribution is 7.14. The molecule has 118 valence electrons. The van der Waals surface area contributed by atoms with Crippen LogP contribution in [0.15, 0.2) is 6.07 Å². The van der Waals surface area contributed by atoms with Crippen LogP contribution in [-0.2, 0) is 6.42 Å². The van der Waals surface area contributed by atoms with Crippen molar-refractivity contribution in [2.75, 3.05) is 26.2 Å². The Kier molecular flexibility index (Phi) is 5.33. The van der Waals surface area contributed by atoms with Crippen LogP contribution in [0, 0.1) is 12.3 Å². The van der Waals surface area contributed by atoms with Crippen molar-refractivity contribution in [2.45, 2.75) is 39.5 Å². The Morgan fingerprint density at radius 2 is 2.10 bits per heavy atom. The molecule has 1 amide bonds. The maximum absolute atomic E-state index is 12.6. The zero-order valence-corrected chi connectivity index (χ0v) is 14.5. The van der Waals surface area contributed by atoms with Gasteiger partial charge in [-0.1, -0.05) is 6.92 Å². The molecule has 1 N–H and O–H groups in total. The lowest BCUT2D eigenvalue weighted by molar-refractivity contribution is 0.0612. The topological polar surface area (TPSA) is 32.3 Å². The third kappa shape index (κ3) is 3.27. The monoisotopic (exact) mass is 328 g/mol. The SMILES string of the molecule is CCc1cc(C(=O)N2CCC3(CCNC3)CC2)sc1C.Cl. The van der Waals surface area contributed by atoms with E-state index in [-0.39, 0.29) is 18.3 Å². The number of nitrogens with zero attached hydrogens (tertiary/aromatic N) is 1. The summed E-state index contributed by atoms with van der Waals surface area (Å²) in [5.41, 5.74) is 1.81. The number of amides is 1. The van der Waals surface area contributed by atoms with Crippen LogP contribution in [0.2, 0.25) is 0 Å². The summed E-state index contributed by atoms with van der Waals surface area (Å²) in [4.78, 5) is 16.9. The van der Waals surface area contributed by atoms with Gasteiger partial charge in [0, 0.05) is 24.5 Å². The molecule has 0 bridgehead atoms. The standard InChI is InChI=1S/C16H24N2OS.ClH/c1-3-13-10-14(20-12(13)2)15(19)18-8-5-16(6-9-18)4-7-17-11-16;/h10,17H,3-9,11H2,1-2H3;1H. The number of likely N-dealkylation sites (tertiary alicyclic amines) is 1. The van der Waals surface area contributed by atoms with Gasteiger partial charge < -0.3 is 10.2 Å². The lowest BCUT2D eigenvalue weighted by Gasteiger charge is -2.38. The van der Waals surface area contributed by atoms with Gasteiger partial charge in [-0.15, -0.1) is 23.7 Å². The fourth-order valence-corrected chi connectivity index (χ4v) is 4.62. The summed E-state index contributed by atoms with van der Waals surface area (Å²) in [6, 6.07) is 2.10. The largest absolute Gasteiger partial charge is 0.338 e. The van der Waals surface area contributed by atoms with E-state index >= 15 is 0 Å². The van der Waals surface area contributed by atoms with Gasteiger partial charge in [0.05, 0.1) is 4.88 Å². The second-order valence-corrected chi connectivity index (χ2v) is 7.52. The van der Waals surface area contributed by atoms with Gasteiger partial charge in [0.25, 0.3) is 5.91 Å². The fourth-order valence-electron chi connectivity index (χ4n) is 3.54. The molecule has 1 spiro atoms. The molecule has 5 heteroatoms. The third-order valence-electron chi connectivity index (χ3n) is 5.06. The van der Waals surface area contributed by atoms with Gasteiger partial charge in [0.1, 0.15) is 0 Å². The summed E-state index contributed by atoms with van der Waals surface area (Å²) >= 11 is 1.66. The number of hydrogen-bond acceptors (Lipinski definition) is 3. The smallest absolute Gasteiger partial charge is 0.263 e. The summed E-state index contributed by atoms with van der Waals surface area (Å²) in [6.45, 7) is 8.43. The van der Waals surface area contributed by atoms with E-state index in [1.54, 1.807) is 11.3 Å². The van der Waals surface area contributed by atoms with Crippen molar-refractivity contribution >= 4 is 29.7 Å². The number of thiophene rings is 1. The van der Waals surface area contributed by atoms with Crippen LogP contribution >= 0.6 is 23.7 Å². The van der Waals surface area contributed by atoms with E-state index in [4.69, 9.17) is 0 Å². The van der Waals surface area contributed by atoms with Crippen LogP contribution in [0.4, 0.5) is 0 Å². The molecule has 3 heterocycles. The first-order valence-corrected chi connectivity index (χ1v) is 8.54. The Bertz CT molecular complexity index is 498. The number of aryl methyl sites for hydroxylation is 2. The van der Waals surface area contributed by atoms with Crippen molar-refractivity contribution in [3.8, 4) is 0 Å². The van der Waals surface area contributed by atoms with Gasteiger partial charge >= 0.3 is 0 Å². The molecule has 0 unspecified atom stereocenters. The highest BCUT2D eigenvalue weighted by Crippen LogP contribution is 2.37. The van der Waals surface area contributed by atoms with Gasteiger partial charge in [0.15, 0.2) is 0 Å². The van der Waals surface area contributed by atoms with Crippen LogP contribution < -0.4 is 5.32 Å². The Hall–Kier alpha value is -0.580. The van der Waals surface area contributed by atoms with E-state index in [2.05, 4.69) is 30.1 Å². The highest BCUT2D eigenvalue weighted by Gasteiger charge is 2.38. The molecule has 2 aliphatic heterocycles. The van der Waals surface area contributed by atoms with Gasteiger partial charge in [0.2, 0.25) is 0 Å². The molecule has 21 heavy (non-hydrogen) atoms. The summed E-state index contributed by atoms with van der Waals surface area (Å²) in [7, 11) is 0. The van der Waals surface area contributed by atoms with E-state index in [0.29, 0.717) is 5.41 Å². The summed E-state index contributed by atoms with van der Waals surface area (Å²) < 4.78 is 0. The predicted molar refractivity (Wildman–Crippen MR) is 90.7 cm³/mol. The van der Waals surface area contributed by atoms with E-state index in [1.165, 1.54) is 16.9 Å². The maximum atomic E-state index is 12.6. The summed E-state index contributed by atoms with van der Waals surface area (Å²) in [5.74, 6) is 0.249. The third-order valence-corrected chi connectivity index (χ3v) is 6.14. The van der Waals surface area contributed by atoms with Gasteiger partial charge in [-0.25, -0.2) is 0 Å². The van der Waals surface area contributed by atoms with Crippen LogP contribution in [0.3, 0.4) is 0 Å². The molecular weight excluding hydrogens is 304 g/mol. The predicted octanol–water partition coefficient (Wildman–Crippen LogP) is 3.26. The number of halogens is 1. The van der Waals surface area contributed by atoms with E-state index < -0.39 is 0 Å². The first-order chi connectivity index (χ1) is 9.63. The number of hydrogen-bond donors (Lipinski definition) is 1. The summed E-state index contributed by atoms with van der Waals surface area (Å²) in [6.07, 6.45) is 4.63. The maximum Gasteiger partial charge on any atom is 0.263 e. The number of nitrogens with one attached hydrogen (secondary N) is 1.